The maximum atomic E-state index is 9.33. The van der Waals surface area contributed by atoms with Crippen LogP contribution < -0.4 is 0 Å². The molecule has 0 aromatic heterocycles. The van der Waals surface area contributed by atoms with E-state index >= 15 is 0 Å². The van der Waals surface area contributed by atoms with E-state index in [9.17, 15) is 5.11 Å². The lowest BCUT2D eigenvalue weighted by atomic mass is 10.5. The third-order valence-corrected chi connectivity index (χ3v) is 0.201. The largest absolute Gasteiger partial charge is 0.235 e. The van der Waals surface area contributed by atoms with E-state index in [2.05, 4.69) is 12.3 Å². The summed E-state index contributed by atoms with van der Waals surface area (Å²) in [6.45, 7) is -0.267. The Morgan fingerprint density at radius 1 is 2.00 bits per heavy atom. The summed E-state index contributed by atoms with van der Waals surface area (Å²) in [6.07, 6.45) is 5.86. The number of hydrogen-bond donors (Lipinski definition) is 0. The summed E-state index contributed by atoms with van der Waals surface area (Å²) in [5.74, 6) is 2.08. The SMILES string of the molecule is C#C[CH]C[O]. The molecule has 5 heavy (non-hydrogen) atoms. The van der Waals surface area contributed by atoms with Crippen molar-refractivity contribution in [3.8, 4) is 12.3 Å². The van der Waals surface area contributed by atoms with E-state index in [0.717, 1.165) is 0 Å². The quantitative estimate of drug-likeness (QED) is 0.393. The van der Waals surface area contributed by atoms with Crippen molar-refractivity contribution in [3.05, 3.63) is 6.42 Å². The summed E-state index contributed by atoms with van der Waals surface area (Å²) < 4.78 is 0. The maximum absolute atomic E-state index is 9.33. The fraction of sp³-hybridized carbons (Fsp3) is 0.250. The maximum Gasteiger partial charge on any atom is 0.0972 e. The molecular formula is C4H4O. The standard InChI is InChI=1S/C4H4O/c1-2-3-4-5/h1,3H,4H2. The first-order valence-corrected chi connectivity index (χ1v) is 1.27. The molecule has 0 aromatic carbocycles. The first-order chi connectivity index (χ1) is 2.41. The van der Waals surface area contributed by atoms with E-state index in [1.54, 1.807) is 0 Å². The molecule has 0 amide bonds. The Hall–Kier alpha value is -0.480. The van der Waals surface area contributed by atoms with Gasteiger partial charge in [0.15, 0.2) is 0 Å². The van der Waals surface area contributed by atoms with Crippen molar-refractivity contribution in [3.63, 3.8) is 0 Å². The molecule has 0 saturated heterocycles. The minimum absolute atomic E-state index is 0.267. The van der Waals surface area contributed by atoms with Gasteiger partial charge in [-0.15, -0.1) is 6.42 Å². The van der Waals surface area contributed by atoms with Crippen LogP contribution in [0.3, 0.4) is 0 Å². The van der Waals surface area contributed by atoms with Gasteiger partial charge in [0.2, 0.25) is 0 Å². The molecule has 0 atom stereocenters. The van der Waals surface area contributed by atoms with Crippen LogP contribution in [-0.4, -0.2) is 6.61 Å². The first-order valence-electron chi connectivity index (χ1n) is 1.27. The Balaban J connectivity index is 2.48. The highest BCUT2D eigenvalue weighted by Gasteiger charge is 1.66. The summed E-state index contributed by atoms with van der Waals surface area (Å²) >= 11 is 0. The molecule has 0 N–H and O–H groups in total. The van der Waals surface area contributed by atoms with Crippen molar-refractivity contribution < 1.29 is 5.11 Å². The monoisotopic (exact) mass is 68.0 g/mol. The van der Waals surface area contributed by atoms with Crippen LogP contribution in [0.15, 0.2) is 0 Å². The zero-order chi connectivity index (χ0) is 4.12. The van der Waals surface area contributed by atoms with E-state index in [-0.39, 0.29) is 6.61 Å². The Bertz CT molecular complexity index is 42.1. The second kappa shape index (κ2) is 3.52. The van der Waals surface area contributed by atoms with Gasteiger partial charge in [-0.3, -0.25) is 0 Å². The molecule has 0 aromatic rings. The summed E-state index contributed by atoms with van der Waals surface area (Å²) in [4.78, 5) is 0. The average molecular weight is 68.1 g/mol. The van der Waals surface area contributed by atoms with Crippen LogP contribution in [0.1, 0.15) is 0 Å². The van der Waals surface area contributed by atoms with E-state index in [1.165, 1.54) is 6.42 Å². The predicted molar refractivity (Wildman–Crippen MR) is 18.7 cm³/mol. The lowest BCUT2D eigenvalue weighted by Gasteiger charge is -1.65. The van der Waals surface area contributed by atoms with Gasteiger partial charge < -0.3 is 0 Å². The van der Waals surface area contributed by atoms with Gasteiger partial charge in [0, 0.05) is 0 Å². The van der Waals surface area contributed by atoms with Gasteiger partial charge in [0.1, 0.15) is 0 Å². The van der Waals surface area contributed by atoms with Crippen LogP contribution in [-0.2, 0) is 5.11 Å². The second-order valence-corrected chi connectivity index (χ2v) is 0.537. The van der Waals surface area contributed by atoms with Crippen LogP contribution in [0.2, 0.25) is 0 Å². The summed E-state index contributed by atoms with van der Waals surface area (Å²) in [6, 6.07) is 0. The molecule has 1 heteroatoms. The van der Waals surface area contributed by atoms with E-state index < -0.39 is 0 Å². The van der Waals surface area contributed by atoms with Crippen molar-refractivity contribution in [2.45, 2.75) is 0 Å². The molecule has 0 saturated carbocycles. The molecule has 0 heterocycles. The molecule has 0 fully saturated rings. The van der Waals surface area contributed by atoms with Crippen molar-refractivity contribution in [1.29, 1.82) is 0 Å². The zero-order valence-electron chi connectivity index (χ0n) is 2.77. The second-order valence-electron chi connectivity index (χ2n) is 0.537. The smallest absolute Gasteiger partial charge is 0.0972 e. The number of rotatable bonds is 1. The third kappa shape index (κ3) is 3.52. The normalized spacial score (nSPS) is 6.40. The van der Waals surface area contributed by atoms with Crippen molar-refractivity contribution >= 4 is 0 Å². The Morgan fingerprint density at radius 3 is 2.60 bits per heavy atom. The third-order valence-electron chi connectivity index (χ3n) is 0.201. The van der Waals surface area contributed by atoms with Crippen molar-refractivity contribution in [2.24, 2.45) is 0 Å². The Kier molecular flexibility index (Phi) is 3.18. The highest BCUT2D eigenvalue weighted by Crippen LogP contribution is 1.61. The fourth-order valence-electron chi connectivity index (χ4n) is 0.0481. The molecule has 0 aliphatic heterocycles. The van der Waals surface area contributed by atoms with E-state index in [0.29, 0.717) is 0 Å². The number of hydrogen-bond acceptors (Lipinski definition) is 0. The van der Waals surface area contributed by atoms with Gasteiger partial charge >= 0.3 is 0 Å². The van der Waals surface area contributed by atoms with E-state index in [4.69, 9.17) is 0 Å². The molecule has 0 aliphatic rings. The Labute approximate surface area is 31.6 Å². The molecule has 0 unspecified atom stereocenters. The van der Waals surface area contributed by atoms with Gasteiger partial charge in [-0.1, -0.05) is 5.92 Å². The first kappa shape index (κ1) is 4.52. The van der Waals surface area contributed by atoms with Crippen LogP contribution in [0.5, 0.6) is 0 Å². The molecule has 26 valence electrons. The molecule has 2 radical (unpaired) electrons. The average Bonchev–Trinajstić information content (AvgIpc) is 1.41. The van der Waals surface area contributed by atoms with Crippen LogP contribution in [0.4, 0.5) is 0 Å². The molecule has 0 rings (SSSR count). The summed E-state index contributed by atoms with van der Waals surface area (Å²) in [7, 11) is 0. The molecular weight excluding hydrogens is 64.0 g/mol. The topological polar surface area (TPSA) is 19.9 Å². The summed E-state index contributed by atoms with van der Waals surface area (Å²) in [5, 5.41) is 9.33. The van der Waals surface area contributed by atoms with Crippen molar-refractivity contribution in [1.82, 2.24) is 0 Å². The zero-order valence-corrected chi connectivity index (χ0v) is 2.77. The molecule has 1 nitrogen and oxygen atoms in total. The molecule has 0 bridgehead atoms. The van der Waals surface area contributed by atoms with Crippen LogP contribution in [0.25, 0.3) is 0 Å². The van der Waals surface area contributed by atoms with Gasteiger partial charge in [-0.2, -0.15) is 0 Å². The predicted octanol–water partition coefficient (Wildman–Crippen LogP) is 0.254. The van der Waals surface area contributed by atoms with Gasteiger partial charge in [-0.05, 0) is 0 Å². The lowest BCUT2D eigenvalue weighted by Crippen LogP contribution is -1.71. The van der Waals surface area contributed by atoms with Crippen LogP contribution >= 0.6 is 0 Å². The fourth-order valence-corrected chi connectivity index (χ4v) is 0.0481. The van der Waals surface area contributed by atoms with Gasteiger partial charge in [-0.25, -0.2) is 5.11 Å². The van der Waals surface area contributed by atoms with Gasteiger partial charge in [0.25, 0.3) is 0 Å². The van der Waals surface area contributed by atoms with E-state index in [1.807, 2.05) is 0 Å². The Morgan fingerprint density at radius 2 is 2.60 bits per heavy atom. The minimum atomic E-state index is -0.267. The van der Waals surface area contributed by atoms with Crippen molar-refractivity contribution in [2.75, 3.05) is 6.61 Å². The highest BCUT2D eigenvalue weighted by atomic mass is 16.2. The molecule has 0 aliphatic carbocycles. The number of terminal acetylenes is 1. The lowest BCUT2D eigenvalue weighted by molar-refractivity contribution is 0.225. The summed E-state index contributed by atoms with van der Waals surface area (Å²) in [5.41, 5.74) is 0. The van der Waals surface area contributed by atoms with Gasteiger partial charge in [0.05, 0.1) is 13.0 Å². The molecule has 0 spiro atoms. The minimum Gasteiger partial charge on any atom is -0.235 e. The highest BCUT2D eigenvalue weighted by molar-refractivity contribution is 4.99. The van der Waals surface area contributed by atoms with Crippen LogP contribution in [0, 0.1) is 18.8 Å².